The van der Waals surface area contributed by atoms with Gasteiger partial charge in [-0.2, -0.15) is 4.98 Å². The molecular formula is C22H30FN3O. The van der Waals surface area contributed by atoms with Crippen molar-refractivity contribution in [3.63, 3.8) is 0 Å². The van der Waals surface area contributed by atoms with Crippen LogP contribution in [0.1, 0.15) is 55.6 Å². The molecule has 0 radical (unpaired) electrons. The molecule has 1 saturated heterocycles. The van der Waals surface area contributed by atoms with Crippen LogP contribution in [0.25, 0.3) is 0 Å². The van der Waals surface area contributed by atoms with Crippen molar-refractivity contribution in [2.45, 2.75) is 51.9 Å². The third-order valence-corrected chi connectivity index (χ3v) is 4.98. The number of ether oxygens (including phenoxy) is 1. The molecule has 3 rings (SSSR count). The molecule has 2 heterocycles. The van der Waals surface area contributed by atoms with E-state index < -0.39 is 0 Å². The van der Waals surface area contributed by atoms with Crippen LogP contribution in [0.15, 0.2) is 30.3 Å². The molecule has 0 atom stereocenters. The number of aryl methyl sites for hydroxylation is 1. The molecule has 27 heavy (non-hydrogen) atoms. The SMILES string of the molecule is Cc1nc(Cc2ccc(F)cc2)cc(OCCCCCN2CCCCC2)n1. The molecule has 0 N–H and O–H groups in total. The van der Waals surface area contributed by atoms with E-state index in [2.05, 4.69) is 14.9 Å². The zero-order valence-electron chi connectivity index (χ0n) is 16.3. The van der Waals surface area contributed by atoms with Gasteiger partial charge in [0.05, 0.1) is 12.3 Å². The van der Waals surface area contributed by atoms with E-state index in [1.807, 2.05) is 13.0 Å². The van der Waals surface area contributed by atoms with Crippen LogP contribution in [0.4, 0.5) is 4.39 Å². The molecule has 5 heteroatoms. The van der Waals surface area contributed by atoms with Gasteiger partial charge >= 0.3 is 0 Å². The van der Waals surface area contributed by atoms with Gasteiger partial charge in [-0.15, -0.1) is 0 Å². The molecule has 1 aromatic heterocycles. The van der Waals surface area contributed by atoms with Crippen LogP contribution in [-0.4, -0.2) is 41.1 Å². The van der Waals surface area contributed by atoms with Gasteiger partial charge < -0.3 is 9.64 Å². The average Bonchev–Trinajstić information content (AvgIpc) is 2.67. The van der Waals surface area contributed by atoms with E-state index in [4.69, 9.17) is 4.74 Å². The van der Waals surface area contributed by atoms with E-state index in [0.29, 0.717) is 24.7 Å². The summed E-state index contributed by atoms with van der Waals surface area (Å²) in [4.78, 5) is 11.4. The number of rotatable bonds is 9. The van der Waals surface area contributed by atoms with Crippen LogP contribution < -0.4 is 4.74 Å². The summed E-state index contributed by atoms with van der Waals surface area (Å²) in [6.07, 6.45) is 8.23. The Labute approximate surface area is 161 Å². The minimum absolute atomic E-state index is 0.220. The number of unbranched alkanes of at least 4 members (excludes halogenated alkanes) is 2. The fourth-order valence-corrected chi connectivity index (χ4v) is 3.55. The molecule has 0 amide bonds. The molecule has 146 valence electrons. The van der Waals surface area contributed by atoms with E-state index in [1.54, 1.807) is 12.1 Å². The summed E-state index contributed by atoms with van der Waals surface area (Å²) >= 11 is 0. The monoisotopic (exact) mass is 371 g/mol. The molecule has 0 spiro atoms. The van der Waals surface area contributed by atoms with Gasteiger partial charge in [0.2, 0.25) is 5.88 Å². The first-order chi connectivity index (χ1) is 13.2. The molecule has 1 fully saturated rings. The van der Waals surface area contributed by atoms with E-state index in [9.17, 15) is 4.39 Å². The van der Waals surface area contributed by atoms with Crippen LogP contribution in [0.3, 0.4) is 0 Å². The lowest BCUT2D eigenvalue weighted by Gasteiger charge is -2.26. The van der Waals surface area contributed by atoms with Gasteiger partial charge in [-0.1, -0.05) is 18.6 Å². The van der Waals surface area contributed by atoms with Crippen molar-refractivity contribution < 1.29 is 9.13 Å². The Bertz CT molecular complexity index is 699. The Balaban J connectivity index is 1.40. The fraction of sp³-hybridized carbons (Fsp3) is 0.545. The maximum Gasteiger partial charge on any atom is 0.216 e. The van der Waals surface area contributed by atoms with Crippen molar-refractivity contribution >= 4 is 0 Å². The summed E-state index contributed by atoms with van der Waals surface area (Å²) < 4.78 is 18.9. The zero-order chi connectivity index (χ0) is 18.9. The van der Waals surface area contributed by atoms with E-state index >= 15 is 0 Å². The number of likely N-dealkylation sites (tertiary alicyclic amines) is 1. The molecular weight excluding hydrogens is 341 g/mol. The van der Waals surface area contributed by atoms with Crippen molar-refractivity contribution in [1.82, 2.24) is 14.9 Å². The summed E-state index contributed by atoms with van der Waals surface area (Å²) in [5.41, 5.74) is 1.92. The first-order valence-electron chi connectivity index (χ1n) is 10.1. The normalized spacial score (nSPS) is 15.0. The standard InChI is InChI=1S/C22H30FN3O/c1-18-24-21(16-19-8-10-20(23)11-9-19)17-22(25-18)27-15-7-3-6-14-26-12-4-2-5-13-26/h8-11,17H,2-7,12-16H2,1H3. The Morgan fingerprint density at radius 1 is 1.00 bits per heavy atom. The van der Waals surface area contributed by atoms with Crippen molar-refractivity contribution in [3.05, 3.63) is 53.2 Å². The second kappa shape index (κ2) is 10.4. The lowest BCUT2D eigenvalue weighted by atomic mass is 10.1. The summed E-state index contributed by atoms with van der Waals surface area (Å²) in [6, 6.07) is 8.42. The molecule has 0 unspecified atom stereocenters. The summed E-state index contributed by atoms with van der Waals surface area (Å²) in [5.74, 6) is 1.12. The van der Waals surface area contributed by atoms with Gasteiger partial charge in [-0.05, 0) is 76.4 Å². The summed E-state index contributed by atoms with van der Waals surface area (Å²) in [7, 11) is 0. The maximum absolute atomic E-state index is 13.0. The van der Waals surface area contributed by atoms with Crippen molar-refractivity contribution in [3.8, 4) is 5.88 Å². The number of benzene rings is 1. The Hall–Kier alpha value is -2.01. The largest absolute Gasteiger partial charge is 0.478 e. The quantitative estimate of drug-likeness (QED) is 0.606. The zero-order valence-corrected chi connectivity index (χ0v) is 16.3. The highest BCUT2D eigenvalue weighted by Crippen LogP contribution is 2.15. The van der Waals surface area contributed by atoms with Gasteiger partial charge in [0.1, 0.15) is 11.6 Å². The predicted octanol–water partition coefficient (Wildman–Crippen LogP) is 4.55. The fourth-order valence-electron chi connectivity index (χ4n) is 3.55. The number of piperidine rings is 1. The van der Waals surface area contributed by atoms with Crippen LogP contribution in [0.5, 0.6) is 5.88 Å². The molecule has 2 aromatic rings. The molecule has 0 aliphatic carbocycles. The minimum Gasteiger partial charge on any atom is -0.478 e. The van der Waals surface area contributed by atoms with Crippen LogP contribution in [0, 0.1) is 12.7 Å². The van der Waals surface area contributed by atoms with Gasteiger partial charge in [0, 0.05) is 12.5 Å². The van der Waals surface area contributed by atoms with Crippen LogP contribution in [0.2, 0.25) is 0 Å². The second-order valence-corrected chi connectivity index (χ2v) is 7.36. The van der Waals surface area contributed by atoms with E-state index in [1.165, 1.54) is 63.9 Å². The molecule has 1 aromatic carbocycles. The first-order valence-corrected chi connectivity index (χ1v) is 10.1. The minimum atomic E-state index is -0.220. The molecule has 0 bridgehead atoms. The highest BCUT2D eigenvalue weighted by molar-refractivity contribution is 5.25. The van der Waals surface area contributed by atoms with Crippen LogP contribution >= 0.6 is 0 Å². The molecule has 4 nitrogen and oxygen atoms in total. The average molecular weight is 372 g/mol. The Morgan fingerprint density at radius 3 is 2.56 bits per heavy atom. The van der Waals surface area contributed by atoms with Crippen molar-refractivity contribution in [2.24, 2.45) is 0 Å². The summed E-state index contributed by atoms with van der Waals surface area (Å²) in [5, 5.41) is 0. The van der Waals surface area contributed by atoms with Crippen molar-refractivity contribution in [1.29, 1.82) is 0 Å². The van der Waals surface area contributed by atoms with Gasteiger partial charge in [-0.25, -0.2) is 9.37 Å². The second-order valence-electron chi connectivity index (χ2n) is 7.36. The molecule has 0 saturated carbocycles. The number of halogens is 1. The maximum atomic E-state index is 13.0. The number of nitrogens with zero attached hydrogens (tertiary/aromatic N) is 3. The third-order valence-electron chi connectivity index (χ3n) is 4.98. The Morgan fingerprint density at radius 2 is 1.78 bits per heavy atom. The van der Waals surface area contributed by atoms with Gasteiger partial charge in [0.25, 0.3) is 0 Å². The smallest absolute Gasteiger partial charge is 0.216 e. The predicted molar refractivity (Wildman–Crippen MR) is 106 cm³/mol. The third kappa shape index (κ3) is 6.90. The Kier molecular flexibility index (Phi) is 7.57. The lowest BCUT2D eigenvalue weighted by molar-refractivity contribution is 0.220. The summed E-state index contributed by atoms with van der Waals surface area (Å²) in [6.45, 7) is 6.32. The molecule has 1 aliphatic heterocycles. The number of aromatic nitrogens is 2. The highest BCUT2D eigenvalue weighted by Gasteiger charge is 2.09. The van der Waals surface area contributed by atoms with Crippen molar-refractivity contribution in [2.75, 3.05) is 26.2 Å². The number of hydrogen-bond donors (Lipinski definition) is 0. The molecule has 1 aliphatic rings. The topological polar surface area (TPSA) is 38.2 Å². The lowest BCUT2D eigenvalue weighted by Crippen LogP contribution is -2.30. The van der Waals surface area contributed by atoms with E-state index in [0.717, 1.165) is 17.7 Å². The number of hydrogen-bond acceptors (Lipinski definition) is 4. The highest BCUT2D eigenvalue weighted by atomic mass is 19.1. The first kappa shape index (κ1) is 19.7. The van der Waals surface area contributed by atoms with Gasteiger partial charge in [0.15, 0.2) is 0 Å². The van der Waals surface area contributed by atoms with Gasteiger partial charge in [-0.3, -0.25) is 0 Å². The van der Waals surface area contributed by atoms with Crippen LogP contribution in [-0.2, 0) is 6.42 Å². The van der Waals surface area contributed by atoms with E-state index in [-0.39, 0.29) is 5.82 Å².